The lowest BCUT2D eigenvalue weighted by Gasteiger charge is -2.19. The van der Waals surface area contributed by atoms with Gasteiger partial charge in [-0.3, -0.25) is 20.4 Å². The van der Waals surface area contributed by atoms with Crippen molar-refractivity contribution < 1.29 is 9.59 Å². The lowest BCUT2D eigenvalue weighted by molar-refractivity contribution is 0.0846. The summed E-state index contributed by atoms with van der Waals surface area (Å²) < 4.78 is 0. The molecule has 0 atom stereocenters. The summed E-state index contributed by atoms with van der Waals surface area (Å²) >= 11 is 0. The summed E-state index contributed by atoms with van der Waals surface area (Å²) in [5.74, 6) is -0.268. The van der Waals surface area contributed by atoms with E-state index in [1.165, 1.54) is 5.56 Å². The Balaban J connectivity index is 1.96. The molecule has 0 saturated heterocycles. The number of carbonyl (C=O) groups is 2. The molecule has 0 unspecified atom stereocenters. The van der Waals surface area contributed by atoms with Crippen LogP contribution in [0.25, 0.3) is 0 Å². The summed E-state index contributed by atoms with van der Waals surface area (Å²) in [6.45, 7) is 10.5. The van der Waals surface area contributed by atoms with Crippen LogP contribution in [0.2, 0.25) is 0 Å². The minimum absolute atomic E-state index is 0.0331. The van der Waals surface area contributed by atoms with Crippen LogP contribution in [0.1, 0.15) is 72.4 Å². The second-order valence-electron chi connectivity index (χ2n) is 7.51. The topological polar surface area (TPSA) is 58.2 Å². The normalized spacial score (nSPS) is 11.3. The number of benzene rings is 2. The van der Waals surface area contributed by atoms with Crippen molar-refractivity contribution in [2.45, 2.75) is 46.0 Å². The van der Waals surface area contributed by atoms with Gasteiger partial charge in [0.05, 0.1) is 0 Å². The van der Waals surface area contributed by atoms with E-state index in [1.807, 2.05) is 24.3 Å². The molecule has 0 saturated carbocycles. The van der Waals surface area contributed by atoms with E-state index >= 15 is 0 Å². The lowest BCUT2D eigenvalue weighted by atomic mass is 9.87. The Labute approximate surface area is 149 Å². The standard InChI is InChI=1S/C21H26N2O2/c1-14(2)15-6-8-16(9-7-15)19(24)22-23-20(25)17-10-12-18(13-11-17)21(3,4)5/h6-14H,1-5H3,(H,22,24)(H,23,25). The maximum Gasteiger partial charge on any atom is 0.269 e. The molecule has 0 radical (unpaired) electrons. The summed E-state index contributed by atoms with van der Waals surface area (Å²) in [6.07, 6.45) is 0. The maximum atomic E-state index is 12.2. The molecule has 2 N–H and O–H groups in total. The molecule has 0 bridgehead atoms. The first kappa shape index (κ1) is 18.7. The minimum atomic E-state index is -0.340. The number of rotatable bonds is 3. The molecule has 0 aromatic heterocycles. The van der Waals surface area contributed by atoms with Gasteiger partial charge in [0.15, 0.2) is 0 Å². The van der Waals surface area contributed by atoms with Crippen molar-refractivity contribution in [2.24, 2.45) is 0 Å². The van der Waals surface area contributed by atoms with Crippen LogP contribution in [-0.4, -0.2) is 11.8 Å². The van der Waals surface area contributed by atoms with E-state index in [2.05, 4.69) is 45.5 Å². The first-order valence-electron chi connectivity index (χ1n) is 8.49. The average Bonchev–Trinajstić information content (AvgIpc) is 2.58. The molecular formula is C21H26N2O2. The first-order valence-corrected chi connectivity index (χ1v) is 8.49. The molecule has 4 nitrogen and oxygen atoms in total. The van der Waals surface area contributed by atoms with E-state index in [4.69, 9.17) is 0 Å². The van der Waals surface area contributed by atoms with Crippen LogP contribution in [0.3, 0.4) is 0 Å². The molecule has 0 aliphatic carbocycles. The van der Waals surface area contributed by atoms with E-state index in [-0.39, 0.29) is 17.2 Å². The fourth-order valence-corrected chi connectivity index (χ4v) is 2.40. The Morgan fingerprint density at radius 2 is 1.16 bits per heavy atom. The molecule has 2 aromatic rings. The zero-order valence-electron chi connectivity index (χ0n) is 15.5. The van der Waals surface area contributed by atoms with Gasteiger partial charge in [-0.2, -0.15) is 0 Å². The van der Waals surface area contributed by atoms with Gasteiger partial charge in [0.25, 0.3) is 11.8 Å². The summed E-state index contributed by atoms with van der Waals surface area (Å²) in [4.78, 5) is 24.3. The molecule has 0 heterocycles. The van der Waals surface area contributed by atoms with Crippen LogP contribution >= 0.6 is 0 Å². The van der Waals surface area contributed by atoms with Crippen LogP contribution in [0, 0.1) is 0 Å². The van der Waals surface area contributed by atoms with Crippen molar-refractivity contribution in [1.82, 2.24) is 10.9 Å². The Bertz CT molecular complexity index is 739. The summed E-state index contributed by atoms with van der Waals surface area (Å²) in [5.41, 5.74) is 8.27. The van der Waals surface area contributed by atoms with E-state index in [0.717, 1.165) is 5.56 Å². The Morgan fingerprint density at radius 1 is 0.760 bits per heavy atom. The highest BCUT2D eigenvalue weighted by molar-refractivity contribution is 5.99. The third-order valence-electron chi connectivity index (χ3n) is 4.14. The van der Waals surface area contributed by atoms with Crippen LogP contribution < -0.4 is 10.9 Å². The monoisotopic (exact) mass is 338 g/mol. The quantitative estimate of drug-likeness (QED) is 0.825. The zero-order valence-corrected chi connectivity index (χ0v) is 15.5. The van der Waals surface area contributed by atoms with Gasteiger partial charge in [0.2, 0.25) is 0 Å². The van der Waals surface area contributed by atoms with Crippen LogP contribution in [0.4, 0.5) is 0 Å². The zero-order chi connectivity index (χ0) is 18.6. The SMILES string of the molecule is CC(C)c1ccc(C(=O)NNC(=O)c2ccc(C(C)(C)C)cc2)cc1. The second-order valence-corrected chi connectivity index (χ2v) is 7.51. The van der Waals surface area contributed by atoms with E-state index in [1.54, 1.807) is 24.3 Å². The predicted molar refractivity (Wildman–Crippen MR) is 101 cm³/mol. The first-order chi connectivity index (χ1) is 11.7. The lowest BCUT2D eigenvalue weighted by Crippen LogP contribution is -2.41. The van der Waals surface area contributed by atoms with Gasteiger partial charge < -0.3 is 0 Å². The van der Waals surface area contributed by atoms with Crippen molar-refractivity contribution in [3.05, 3.63) is 70.8 Å². The van der Waals surface area contributed by atoms with Crippen molar-refractivity contribution >= 4 is 11.8 Å². The molecule has 4 heteroatoms. The van der Waals surface area contributed by atoms with Gasteiger partial charge in [-0.15, -0.1) is 0 Å². The van der Waals surface area contributed by atoms with Gasteiger partial charge >= 0.3 is 0 Å². The third-order valence-corrected chi connectivity index (χ3v) is 4.14. The predicted octanol–water partition coefficient (Wildman–Crippen LogP) is 4.18. The van der Waals surface area contributed by atoms with Crippen LogP contribution in [0.15, 0.2) is 48.5 Å². The van der Waals surface area contributed by atoms with Gasteiger partial charge in [-0.05, 0) is 46.7 Å². The van der Waals surface area contributed by atoms with Crippen molar-refractivity contribution in [1.29, 1.82) is 0 Å². The van der Waals surface area contributed by atoms with Crippen LogP contribution in [-0.2, 0) is 5.41 Å². The smallest absolute Gasteiger partial charge is 0.267 e. The van der Waals surface area contributed by atoms with Crippen LogP contribution in [0.5, 0.6) is 0 Å². The molecular weight excluding hydrogens is 312 g/mol. The van der Waals surface area contributed by atoms with Crippen molar-refractivity contribution in [2.75, 3.05) is 0 Å². The van der Waals surface area contributed by atoms with Gasteiger partial charge in [0.1, 0.15) is 0 Å². The number of nitrogens with one attached hydrogen (secondary N) is 2. The summed E-state index contributed by atoms with van der Waals surface area (Å²) in [5, 5.41) is 0. The van der Waals surface area contributed by atoms with Gasteiger partial charge in [0, 0.05) is 11.1 Å². The number of amides is 2. The maximum absolute atomic E-state index is 12.2. The Kier molecular flexibility index (Phi) is 5.62. The molecule has 2 amide bonds. The highest BCUT2D eigenvalue weighted by Crippen LogP contribution is 2.22. The number of hydrogen-bond donors (Lipinski definition) is 2. The number of hydrogen-bond acceptors (Lipinski definition) is 2. The molecule has 132 valence electrons. The summed E-state index contributed by atoms with van der Waals surface area (Å²) in [7, 11) is 0. The molecule has 0 spiro atoms. The number of hydrazine groups is 1. The van der Waals surface area contributed by atoms with E-state index in [9.17, 15) is 9.59 Å². The highest BCUT2D eigenvalue weighted by Gasteiger charge is 2.14. The number of carbonyl (C=O) groups excluding carboxylic acids is 2. The molecule has 0 aliphatic heterocycles. The fourth-order valence-electron chi connectivity index (χ4n) is 2.40. The van der Waals surface area contributed by atoms with Gasteiger partial charge in [-0.25, -0.2) is 0 Å². The molecule has 0 aliphatic rings. The molecule has 2 aromatic carbocycles. The minimum Gasteiger partial charge on any atom is -0.267 e. The Morgan fingerprint density at radius 3 is 1.52 bits per heavy atom. The van der Waals surface area contributed by atoms with E-state index < -0.39 is 0 Å². The van der Waals surface area contributed by atoms with Gasteiger partial charge in [-0.1, -0.05) is 58.9 Å². The van der Waals surface area contributed by atoms with Crippen molar-refractivity contribution in [3.63, 3.8) is 0 Å². The third kappa shape index (κ3) is 4.92. The highest BCUT2D eigenvalue weighted by atomic mass is 16.2. The second kappa shape index (κ2) is 7.51. The largest absolute Gasteiger partial charge is 0.269 e. The molecule has 0 fully saturated rings. The summed E-state index contributed by atoms with van der Waals surface area (Å²) in [6, 6.07) is 14.8. The molecule has 25 heavy (non-hydrogen) atoms. The van der Waals surface area contributed by atoms with E-state index in [0.29, 0.717) is 17.0 Å². The van der Waals surface area contributed by atoms with Crippen molar-refractivity contribution in [3.8, 4) is 0 Å². The Hall–Kier alpha value is -2.62. The molecule has 2 rings (SSSR count). The average molecular weight is 338 g/mol. The fraction of sp³-hybridized carbons (Fsp3) is 0.333.